The number of aryl methyl sites for hydroxylation is 2. The molecular weight excluding hydrogens is 312 g/mol. The van der Waals surface area contributed by atoms with E-state index in [1.54, 1.807) is 12.1 Å². The molecule has 18 heavy (non-hydrogen) atoms. The topological polar surface area (TPSA) is 38.0 Å². The third kappa shape index (κ3) is 2.79. The summed E-state index contributed by atoms with van der Waals surface area (Å²) in [5.41, 5.74) is 10.8. The van der Waals surface area contributed by atoms with E-state index in [-0.39, 0.29) is 0 Å². The van der Waals surface area contributed by atoms with Crippen molar-refractivity contribution in [2.75, 3.05) is 11.1 Å². The van der Waals surface area contributed by atoms with Crippen molar-refractivity contribution in [2.45, 2.75) is 13.8 Å². The Hall–Kier alpha value is -1.19. The maximum absolute atomic E-state index is 5.98. The number of hydrogen-bond acceptors (Lipinski definition) is 2. The van der Waals surface area contributed by atoms with Gasteiger partial charge in [0.1, 0.15) is 0 Å². The van der Waals surface area contributed by atoms with Crippen LogP contribution in [0, 0.1) is 13.8 Å². The molecule has 94 valence electrons. The third-order valence-corrected chi connectivity index (χ3v) is 3.47. The Morgan fingerprint density at radius 1 is 1.11 bits per heavy atom. The van der Waals surface area contributed by atoms with Gasteiger partial charge in [0.25, 0.3) is 0 Å². The van der Waals surface area contributed by atoms with Gasteiger partial charge in [0, 0.05) is 15.2 Å². The number of rotatable bonds is 2. The minimum absolute atomic E-state index is 0.666. The summed E-state index contributed by atoms with van der Waals surface area (Å²) in [6.07, 6.45) is 0. The van der Waals surface area contributed by atoms with Gasteiger partial charge in [-0.2, -0.15) is 0 Å². The van der Waals surface area contributed by atoms with Crippen molar-refractivity contribution >= 4 is 44.6 Å². The van der Waals surface area contributed by atoms with Crippen molar-refractivity contribution in [2.24, 2.45) is 0 Å². The van der Waals surface area contributed by atoms with Crippen molar-refractivity contribution < 1.29 is 0 Å². The summed E-state index contributed by atoms with van der Waals surface area (Å²) in [6.45, 7) is 4.11. The van der Waals surface area contributed by atoms with Crippen molar-refractivity contribution in [3.63, 3.8) is 0 Å². The maximum Gasteiger partial charge on any atom is 0.0633 e. The molecule has 0 unspecified atom stereocenters. The molecule has 0 saturated heterocycles. The molecule has 0 radical (unpaired) electrons. The van der Waals surface area contributed by atoms with Crippen LogP contribution >= 0.6 is 27.5 Å². The second kappa shape index (κ2) is 5.21. The van der Waals surface area contributed by atoms with E-state index in [1.807, 2.05) is 6.07 Å². The van der Waals surface area contributed by atoms with Crippen LogP contribution in [0.5, 0.6) is 0 Å². The quantitative estimate of drug-likeness (QED) is 0.759. The monoisotopic (exact) mass is 324 g/mol. The minimum Gasteiger partial charge on any atom is -0.397 e. The number of halogens is 2. The summed E-state index contributed by atoms with van der Waals surface area (Å²) in [7, 11) is 0. The van der Waals surface area contributed by atoms with Crippen molar-refractivity contribution in [1.82, 2.24) is 0 Å². The average Bonchev–Trinajstić information content (AvgIpc) is 2.28. The van der Waals surface area contributed by atoms with Crippen LogP contribution < -0.4 is 11.1 Å². The average molecular weight is 326 g/mol. The molecule has 0 fully saturated rings. The summed E-state index contributed by atoms with van der Waals surface area (Å²) in [6, 6.07) is 9.54. The fourth-order valence-electron chi connectivity index (χ4n) is 1.88. The van der Waals surface area contributed by atoms with Crippen LogP contribution in [-0.4, -0.2) is 0 Å². The molecule has 3 N–H and O–H groups in total. The molecule has 0 aliphatic heterocycles. The van der Waals surface area contributed by atoms with E-state index in [9.17, 15) is 0 Å². The molecular formula is C14H14BrClN2. The van der Waals surface area contributed by atoms with E-state index < -0.39 is 0 Å². The van der Waals surface area contributed by atoms with Gasteiger partial charge in [0.05, 0.1) is 11.4 Å². The highest BCUT2D eigenvalue weighted by atomic mass is 79.9. The SMILES string of the molecule is Cc1cc(Br)cc(C)c1Nc1cc(Cl)ccc1N. The van der Waals surface area contributed by atoms with E-state index in [0.29, 0.717) is 10.7 Å². The van der Waals surface area contributed by atoms with Crippen molar-refractivity contribution in [1.29, 1.82) is 0 Å². The predicted molar refractivity (Wildman–Crippen MR) is 82.8 cm³/mol. The van der Waals surface area contributed by atoms with Gasteiger partial charge in [-0.25, -0.2) is 0 Å². The molecule has 2 aromatic rings. The summed E-state index contributed by atoms with van der Waals surface area (Å²) < 4.78 is 1.07. The second-order valence-electron chi connectivity index (χ2n) is 4.27. The highest BCUT2D eigenvalue weighted by Gasteiger charge is 2.07. The standard InChI is InChI=1S/C14H14BrClN2/c1-8-5-10(15)6-9(2)14(8)18-13-7-11(16)3-4-12(13)17/h3-7,18H,17H2,1-2H3. The Morgan fingerprint density at radius 3 is 2.33 bits per heavy atom. The van der Waals surface area contributed by atoms with Crippen LogP contribution in [0.2, 0.25) is 5.02 Å². The van der Waals surface area contributed by atoms with Crippen molar-refractivity contribution in [3.05, 3.63) is 51.0 Å². The van der Waals surface area contributed by atoms with E-state index in [2.05, 4.69) is 47.2 Å². The van der Waals surface area contributed by atoms with Crippen molar-refractivity contribution in [3.8, 4) is 0 Å². The van der Waals surface area contributed by atoms with Gasteiger partial charge in [0.2, 0.25) is 0 Å². The zero-order valence-corrected chi connectivity index (χ0v) is 12.6. The second-order valence-corrected chi connectivity index (χ2v) is 5.62. The van der Waals surface area contributed by atoms with Gasteiger partial charge in [-0.1, -0.05) is 27.5 Å². The highest BCUT2D eigenvalue weighted by Crippen LogP contribution is 2.31. The van der Waals surface area contributed by atoms with Gasteiger partial charge in [-0.05, 0) is 55.3 Å². The van der Waals surface area contributed by atoms with Gasteiger partial charge in [-0.15, -0.1) is 0 Å². The highest BCUT2D eigenvalue weighted by molar-refractivity contribution is 9.10. The Bertz CT molecular complexity index is 573. The molecule has 2 nitrogen and oxygen atoms in total. The predicted octanol–water partition coefficient (Wildman–Crippen LogP) is 5.05. The summed E-state index contributed by atoms with van der Waals surface area (Å²) in [5, 5.41) is 4.01. The maximum atomic E-state index is 5.98. The van der Waals surface area contributed by atoms with Crippen LogP contribution in [0.3, 0.4) is 0 Å². The summed E-state index contributed by atoms with van der Waals surface area (Å²) in [5.74, 6) is 0. The first-order valence-corrected chi connectivity index (χ1v) is 6.73. The normalized spacial score (nSPS) is 10.4. The smallest absolute Gasteiger partial charge is 0.0633 e. The van der Waals surface area contributed by atoms with E-state index in [1.165, 1.54) is 0 Å². The number of nitrogens with two attached hydrogens (primary N) is 1. The van der Waals surface area contributed by atoms with Gasteiger partial charge >= 0.3 is 0 Å². The van der Waals surface area contributed by atoms with Crippen LogP contribution in [0.1, 0.15) is 11.1 Å². The number of nitrogen functional groups attached to an aromatic ring is 1. The van der Waals surface area contributed by atoms with Crippen LogP contribution in [-0.2, 0) is 0 Å². The van der Waals surface area contributed by atoms with E-state index in [4.69, 9.17) is 17.3 Å². The molecule has 0 spiro atoms. The lowest BCUT2D eigenvalue weighted by atomic mass is 10.1. The largest absolute Gasteiger partial charge is 0.397 e. The molecule has 0 aliphatic rings. The molecule has 0 amide bonds. The van der Waals surface area contributed by atoms with Gasteiger partial charge in [0.15, 0.2) is 0 Å². The lowest BCUT2D eigenvalue weighted by Gasteiger charge is -2.15. The number of nitrogens with one attached hydrogen (secondary N) is 1. The van der Waals surface area contributed by atoms with Crippen LogP contribution in [0.25, 0.3) is 0 Å². The molecule has 0 bridgehead atoms. The van der Waals surface area contributed by atoms with E-state index >= 15 is 0 Å². The fraction of sp³-hybridized carbons (Fsp3) is 0.143. The lowest BCUT2D eigenvalue weighted by molar-refractivity contribution is 1.34. The number of anilines is 3. The van der Waals surface area contributed by atoms with Crippen LogP contribution in [0.15, 0.2) is 34.8 Å². The Morgan fingerprint density at radius 2 is 1.72 bits per heavy atom. The molecule has 0 aliphatic carbocycles. The van der Waals surface area contributed by atoms with E-state index in [0.717, 1.165) is 27.0 Å². The Labute approximate surface area is 120 Å². The van der Waals surface area contributed by atoms with Crippen LogP contribution in [0.4, 0.5) is 17.1 Å². The zero-order chi connectivity index (χ0) is 13.3. The molecule has 4 heteroatoms. The number of hydrogen-bond donors (Lipinski definition) is 2. The first-order valence-electron chi connectivity index (χ1n) is 5.56. The molecule has 0 aromatic heterocycles. The van der Waals surface area contributed by atoms with Gasteiger partial charge < -0.3 is 11.1 Å². The summed E-state index contributed by atoms with van der Waals surface area (Å²) in [4.78, 5) is 0. The molecule has 0 saturated carbocycles. The number of benzene rings is 2. The third-order valence-electron chi connectivity index (χ3n) is 2.77. The minimum atomic E-state index is 0.666. The lowest BCUT2D eigenvalue weighted by Crippen LogP contribution is -1.99. The molecule has 0 atom stereocenters. The zero-order valence-electron chi connectivity index (χ0n) is 10.2. The molecule has 2 rings (SSSR count). The first-order chi connectivity index (χ1) is 8.47. The Kier molecular flexibility index (Phi) is 3.83. The molecule has 2 aromatic carbocycles. The first kappa shape index (κ1) is 13.2. The Balaban J connectivity index is 2.43. The molecule has 0 heterocycles. The van der Waals surface area contributed by atoms with Gasteiger partial charge in [-0.3, -0.25) is 0 Å². The summed E-state index contributed by atoms with van der Waals surface area (Å²) >= 11 is 9.47. The fourth-order valence-corrected chi connectivity index (χ4v) is 2.74.